The van der Waals surface area contributed by atoms with E-state index in [1.54, 1.807) is 0 Å². The fourth-order valence-corrected chi connectivity index (χ4v) is 3.18. The van der Waals surface area contributed by atoms with Gasteiger partial charge in [-0.3, -0.25) is 5.41 Å². The van der Waals surface area contributed by atoms with Crippen LogP contribution in [0.3, 0.4) is 0 Å². The quantitative estimate of drug-likeness (QED) is 0.608. The Morgan fingerprint density at radius 2 is 1.76 bits per heavy atom. The Morgan fingerprint density at radius 1 is 1.10 bits per heavy atom. The Hall–Kier alpha value is -1.74. The predicted molar refractivity (Wildman–Crippen MR) is 93.9 cm³/mol. The monoisotopic (exact) mass is 298 g/mol. The molecule has 110 valence electrons. The van der Waals surface area contributed by atoms with E-state index in [2.05, 4.69) is 38.1 Å². The van der Waals surface area contributed by atoms with Gasteiger partial charge < -0.3 is 5.73 Å². The maximum absolute atomic E-state index is 7.67. The van der Waals surface area contributed by atoms with E-state index in [1.165, 1.54) is 11.3 Å². The molecule has 3 heteroatoms. The highest BCUT2D eigenvalue weighted by atomic mass is 32.2. The van der Waals surface area contributed by atoms with Crippen LogP contribution in [0.5, 0.6) is 0 Å². The molecule has 0 atom stereocenters. The van der Waals surface area contributed by atoms with Gasteiger partial charge >= 0.3 is 0 Å². The van der Waals surface area contributed by atoms with Crippen molar-refractivity contribution in [1.29, 1.82) is 5.41 Å². The van der Waals surface area contributed by atoms with Crippen molar-refractivity contribution < 1.29 is 0 Å². The van der Waals surface area contributed by atoms with Crippen LogP contribution in [0.15, 0.2) is 48.5 Å². The van der Waals surface area contributed by atoms with Gasteiger partial charge in [-0.25, -0.2) is 0 Å². The molecule has 0 aliphatic heterocycles. The fraction of sp³-hybridized carbons (Fsp3) is 0.278. The SMILES string of the molecule is CC(C)CSCc1ccc(-c2ccccc2C(=N)N)cc1. The topological polar surface area (TPSA) is 49.9 Å². The molecule has 0 fully saturated rings. The van der Waals surface area contributed by atoms with Crippen LogP contribution in [-0.4, -0.2) is 11.6 Å². The van der Waals surface area contributed by atoms with Gasteiger partial charge in [0, 0.05) is 11.3 Å². The zero-order valence-electron chi connectivity index (χ0n) is 12.6. The summed E-state index contributed by atoms with van der Waals surface area (Å²) < 4.78 is 0. The Bertz CT molecular complexity index is 603. The molecule has 2 rings (SSSR count). The van der Waals surface area contributed by atoms with Gasteiger partial charge in [0.1, 0.15) is 5.84 Å². The van der Waals surface area contributed by atoms with Crippen molar-refractivity contribution in [1.82, 2.24) is 0 Å². The molecule has 0 spiro atoms. The first-order valence-electron chi connectivity index (χ1n) is 7.18. The molecule has 0 unspecified atom stereocenters. The van der Waals surface area contributed by atoms with Crippen molar-refractivity contribution in [2.24, 2.45) is 11.7 Å². The first-order valence-corrected chi connectivity index (χ1v) is 8.34. The van der Waals surface area contributed by atoms with E-state index in [0.29, 0.717) is 0 Å². The van der Waals surface area contributed by atoms with E-state index in [0.717, 1.165) is 28.4 Å². The van der Waals surface area contributed by atoms with Crippen molar-refractivity contribution in [3.8, 4) is 11.1 Å². The molecular formula is C18H22N2S. The molecule has 2 aromatic carbocycles. The molecule has 21 heavy (non-hydrogen) atoms. The Morgan fingerprint density at radius 3 is 2.38 bits per heavy atom. The normalized spacial score (nSPS) is 10.8. The summed E-state index contributed by atoms with van der Waals surface area (Å²) in [5.41, 5.74) is 9.91. The zero-order valence-corrected chi connectivity index (χ0v) is 13.4. The molecule has 0 radical (unpaired) electrons. The van der Waals surface area contributed by atoms with E-state index in [1.807, 2.05) is 36.0 Å². The first-order chi connectivity index (χ1) is 10.1. The smallest absolute Gasteiger partial charge is 0.123 e. The number of amidine groups is 1. The number of nitrogen functional groups attached to an aromatic ring is 1. The van der Waals surface area contributed by atoms with Gasteiger partial charge in [0.15, 0.2) is 0 Å². The van der Waals surface area contributed by atoms with Crippen molar-refractivity contribution >= 4 is 17.6 Å². The highest BCUT2D eigenvalue weighted by molar-refractivity contribution is 7.98. The van der Waals surface area contributed by atoms with Crippen molar-refractivity contribution in [2.75, 3.05) is 5.75 Å². The van der Waals surface area contributed by atoms with Gasteiger partial charge in [0.25, 0.3) is 0 Å². The van der Waals surface area contributed by atoms with Crippen LogP contribution in [0.25, 0.3) is 11.1 Å². The predicted octanol–water partition coefficient (Wildman–Crippen LogP) is 4.53. The van der Waals surface area contributed by atoms with E-state index in [-0.39, 0.29) is 5.84 Å². The number of thioether (sulfide) groups is 1. The molecule has 0 heterocycles. The summed E-state index contributed by atoms with van der Waals surface area (Å²) in [6.07, 6.45) is 0. The summed E-state index contributed by atoms with van der Waals surface area (Å²) in [5, 5.41) is 7.67. The molecule has 0 saturated heterocycles. The van der Waals surface area contributed by atoms with Gasteiger partial charge in [-0.1, -0.05) is 62.4 Å². The van der Waals surface area contributed by atoms with Crippen LogP contribution in [0, 0.1) is 11.3 Å². The van der Waals surface area contributed by atoms with Crippen molar-refractivity contribution in [2.45, 2.75) is 19.6 Å². The lowest BCUT2D eigenvalue weighted by atomic mass is 9.98. The summed E-state index contributed by atoms with van der Waals surface area (Å²) >= 11 is 1.97. The largest absolute Gasteiger partial charge is 0.384 e. The maximum atomic E-state index is 7.67. The minimum absolute atomic E-state index is 0.113. The molecule has 0 saturated carbocycles. The highest BCUT2D eigenvalue weighted by Crippen LogP contribution is 2.25. The molecule has 0 aromatic heterocycles. The summed E-state index contributed by atoms with van der Waals surface area (Å²) in [7, 11) is 0. The second-order valence-electron chi connectivity index (χ2n) is 5.57. The van der Waals surface area contributed by atoms with Crippen LogP contribution in [-0.2, 0) is 5.75 Å². The van der Waals surface area contributed by atoms with E-state index >= 15 is 0 Å². The average molecular weight is 298 g/mol. The number of hydrogen-bond donors (Lipinski definition) is 2. The molecule has 0 amide bonds. The average Bonchev–Trinajstić information content (AvgIpc) is 2.47. The van der Waals surface area contributed by atoms with Crippen molar-refractivity contribution in [3.05, 3.63) is 59.7 Å². The number of nitrogens with one attached hydrogen (secondary N) is 1. The minimum Gasteiger partial charge on any atom is -0.384 e. The van der Waals surface area contributed by atoms with Gasteiger partial charge in [-0.2, -0.15) is 11.8 Å². The number of rotatable bonds is 6. The number of nitrogens with two attached hydrogens (primary N) is 1. The minimum atomic E-state index is 0.113. The standard InChI is InChI=1S/C18H22N2S/c1-13(2)11-21-12-14-7-9-15(10-8-14)16-5-3-4-6-17(16)18(19)20/h3-10,13H,11-12H2,1-2H3,(H3,19,20). The Balaban J connectivity index is 2.14. The third-order valence-corrected chi connectivity index (χ3v) is 4.64. The van der Waals surface area contributed by atoms with Crippen molar-refractivity contribution in [3.63, 3.8) is 0 Å². The maximum Gasteiger partial charge on any atom is 0.123 e. The number of benzene rings is 2. The van der Waals surface area contributed by atoms with Gasteiger partial charge in [-0.15, -0.1) is 0 Å². The second-order valence-corrected chi connectivity index (χ2v) is 6.60. The van der Waals surface area contributed by atoms with Gasteiger partial charge in [-0.05, 0) is 28.4 Å². The van der Waals surface area contributed by atoms with E-state index in [4.69, 9.17) is 11.1 Å². The molecule has 3 N–H and O–H groups in total. The van der Waals surface area contributed by atoms with Gasteiger partial charge in [0.2, 0.25) is 0 Å². The van der Waals surface area contributed by atoms with E-state index in [9.17, 15) is 0 Å². The Kier molecular flexibility index (Phi) is 5.45. The number of hydrogen-bond acceptors (Lipinski definition) is 2. The van der Waals surface area contributed by atoms with Crippen LogP contribution in [0.4, 0.5) is 0 Å². The van der Waals surface area contributed by atoms with Crippen LogP contribution in [0.2, 0.25) is 0 Å². The lowest BCUT2D eigenvalue weighted by Crippen LogP contribution is -2.12. The van der Waals surface area contributed by atoms with Gasteiger partial charge in [0.05, 0.1) is 0 Å². The summed E-state index contributed by atoms with van der Waals surface area (Å²) in [4.78, 5) is 0. The molecule has 0 bridgehead atoms. The lowest BCUT2D eigenvalue weighted by Gasteiger charge is -2.09. The zero-order chi connectivity index (χ0) is 15.2. The molecule has 2 aromatic rings. The third kappa shape index (κ3) is 4.36. The molecule has 0 aliphatic carbocycles. The molecule has 2 nitrogen and oxygen atoms in total. The summed E-state index contributed by atoms with van der Waals surface area (Å²) in [6, 6.07) is 16.4. The fourth-order valence-electron chi connectivity index (χ4n) is 2.16. The third-order valence-electron chi connectivity index (χ3n) is 3.20. The molecule has 0 aliphatic rings. The molecular weight excluding hydrogens is 276 g/mol. The lowest BCUT2D eigenvalue weighted by molar-refractivity contribution is 0.750. The van der Waals surface area contributed by atoms with Crippen LogP contribution in [0.1, 0.15) is 25.0 Å². The summed E-state index contributed by atoms with van der Waals surface area (Å²) in [6.45, 7) is 4.49. The second kappa shape index (κ2) is 7.32. The summed E-state index contributed by atoms with van der Waals surface area (Å²) in [5.74, 6) is 3.08. The highest BCUT2D eigenvalue weighted by Gasteiger charge is 2.06. The first kappa shape index (κ1) is 15.6. The Labute approximate surface area is 131 Å². The van der Waals surface area contributed by atoms with E-state index < -0.39 is 0 Å². The van der Waals surface area contributed by atoms with Crippen LogP contribution < -0.4 is 5.73 Å². The van der Waals surface area contributed by atoms with Crippen LogP contribution >= 0.6 is 11.8 Å².